The molecule has 4 rings (SSSR count). The Morgan fingerprint density at radius 1 is 1.33 bits per heavy atom. The molecule has 1 saturated carbocycles. The number of methoxy groups -OCH3 is 1. The fraction of sp³-hybridized carbons (Fsp3) is 0.320. The van der Waals surface area contributed by atoms with Gasteiger partial charge in [-0.3, -0.25) is 4.79 Å². The molecule has 3 aromatic rings. The third-order valence-electron chi connectivity index (χ3n) is 6.40. The average Bonchev–Trinajstić information content (AvgIpc) is 2.78. The van der Waals surface area contributed by atoms with Crippen LogP contribution < -0.4 is 15.7 Å². The van der Waals surface area contributed by atoms with Crippen molar-refractivity contribution in [3.63, 3.8) is 0 Å². The molecule has 7 nitrogen and oxygen atoms in total. The van der Waals surface area contributed by atoms with Crippen LogP contribution in [0.5, 0.6) is 5.75 Å². The van der Waals surface area contributed by atoms with Gasteiger partial charge in [-0.25, -0.2) is 9.18 Å². The first-order valence-electron chi connectivity index (χ1n) is 10.5. The summed E-state index contributed by atoms with van der Waals surface area (Å²) in [4.78, 5) is 25.0. The van der Waals surface area contributed by atoms with E-state index in [1.807, 2.05) is 0 Å². The van der Waals surface area contributed by atoms with Gasteiger partial charge in [0.15, 0.2) is 0 Å². The number of rotatable bonds is 6. The summed E-state index contributed by atoms with van der Waals surface area (Å²) in [5.41, 5.74) is -2.06. The summed E-state index contributed by atoms with van der Waals surface area (Å²) in [7, 11) is 1.49. The van der Waals surface area contributed by atoms with Crippen molar-refractivity contribution < 1.29 is 23.6 Å². The van der Waals surface area contributed by atoms with E-state index >= 15 is 0 Å². The molecule has 1 atom stereocenters. The zero-order chi connectivity index (χ0) is 23.8. The highest BCUT2D eigenvalue weighted by Gasteiger charge is 2.49. The normalized spacial score (nSPS) is 16.3. The Morgan fingerprint density at radius 2 is 2.09 bits per heavy atom. The fourth-order valence-corrected chi connectivity index (χ4v) is 4.47. The van der Waals surface area contributed by atoms with Crippen molar-refractivity contribution in [1.82, 2.24) is 5.16 Å². The zero-order valence-electron chi connectivity index (χ0n) is 18.3. The van der Waals surface area contributed by atoms with Crippen molar-refractivity contribution in [3.05, 3.63) is 63.9 Å². The van der Waals surface area contributed by atoms with Gasteiger partial charge in [0.1, 0.15) is 11.6 Å². The van der Waals surface area contributed by atoms with Crippen LogP contribution in [0.1, 0.15) is 36.9 Å². The zero-order valence-corrected chi connectivity index (χ0v) is 18.3. The molecule has 0 radical (unpaired) electrons. The van der Waals surface area contributed by atoms with Gasteiger partial charge in [0.25, 0.3) is 5.91 Å². The molecule has 1 heterocycles. The predicted octanol–water partition coefficient (Wildman–Crippen LogP) is 3.46. The van der Waals surface area contributed by atoms with Crippen LogP contribution in [0.25, 0.3) is 10.8 Å². The van der Waals surface area contributed by atoms with Gasteiger partial charge in [-0.1, -0.05) is 17.5 Å². The Morgan fingerprint density at radius 3 is 2.73 bits per heavy atom. The summed E-state index contributed by atoms with van der Waals surface area (Å²) < 4.78 is 24.2. The second-order valence-corrected chi connectivity index (χ2v) is 8.43. The quantitative estimate of drug-likeness (QED) is 0.558. The van der Waals surface area contributed by atoms with Crippen LogP contribution in [-0.4, -0.2) is 28.9 Å². The molecule has 0 spiro atoms. The van der Waals surface area contributed by atoms with Crippen molar-refractivity contribution in [3.8, 4) is 18.1 Å². The number of aryl methyl sites for hydroxylation is 1. The van der Waals surface area contributed by atoms with E-state index in [0.717, 1.165) is 6.42 Å². The largest absolute Gasteiger partial charge is 0.496 e. The van der Waals surface area contributed by atoms with Crippen LogP contribution in [0.2, 0.25) is 0 Å². The van der Waals surface area contributed by atoms with Crippen molar-refractivity contribution >= 4 is 22.4 Å². The Kier molecular flexibility index (Phi) is 5.68. The standard InChI is InChI=1S/C25H23FN2O5/c1-4-25(31,14-24(10-5-11-24)20-12-16(26)6-9-21(20)32-3)23(30)27-17-7-8-18-19(13-17)15(2)28-33-22(18)29/h1,6-9,12-13,31H,5,10-11,14H2,2-3H3,(H,27,30). The number of benzene rings is 2. The number of aliphatic hydroxyl groups is 1. The fourth-order valence-electron chi connectivity index (χ4n) is 4.47. The number of nitrogens with zero attached hydrogens (tertiary/aromatic N) is 1. The molecule has 33 heavy (non-hydrogen) atoms. The van der Waals surface area contributed by atoms with Gasteiger partial charge in [-0.15, -0.1) is 6.42 Å². The molecular weight excluding hydrogens is 427 g/mol. The van der Waals surface area contributed by atoms with E-state index in [0.29, 0.717) is 46.3 Å². The molecule has 1 unspecified atom stereocenters. The van der Waals surface area contributed by atoms with Gasteiger partial charge in [0, 0.05) is 28.5 Å². The van der Waals surface area contributed by atoms with Gasteiger partial charge >= 0.3 is 5.63 Å². The Balaban J connectivity index is 1.65. The van der Waals surface area contributed by atoms with Crippen LogP contribution in [0.15, 0.2) is 45.7 Å². The van der Waals surface area contributed by atoms with Gasteiger partial charge in [0.2, 0.25) is 5.60 Å². The van der Waals surface area contributed by atoms with Gasteiger partial charge in [-0.2, -0.15) is 0 Å². The molecule has 0 aliphatic heterocycles. The third kappa shape index (κ3) is 3.96. The molecule has 2 N–H and O–H groups in total. The van der Waals surface area contributed by atoms with Crippen molar-refractivity contribution in [1.29, 1.82) is 0 Å². The number of anilines is 1. The first kappa shape index (κ1) is 22.5. The highest BCUT2D eigenvalue weighted by atomic mass is 19.1. The molecule has 1 aliphatic carbocycles. The van der Waals surface area contributed by atoms with Crippen molar-refractivity contribution in [2.24, 2.45) is 0 Å². The Hall–Kier alpha value is -3.70. The monoisotopic (exact) mass is 450 g/mol. The Bertz CT molecular complexity index is 1340. The van der Waals surface area contributed by atoms with Gasteiger partial charge in [-0.05, 0) is 56.2 Å². The van der Waals surface area contributed by atoms with Crippen molar-refractivity contribution in [2.45, 2.75) is 43.6 Å². The molecule has 1 aliphatic rings. The molecule has 1 amide bonds. The lowest BCUT2D eigenvalue weighted by molar-refractivity contribution is -0.131. The number of aromatic nitrogens is 1. The van der Waals surface area contributed by atoms with Crippen LogP contribution >= 0.6 is 0 Å². The number of hydrogen-bond acceptors (Lipinski definition) is 6. The topological polar surface area (TPSA) is 102 Å². The number of nitrogens with one attached hydrogen (secondary N) is 1. The van der Waals surface area contributed by atoms with Crippen LogP contribution in [0, 0.1) is 25.1 Å². The molecule has 0 bridgehead atoms. The Labute approximate surface area is 189 Å². The minimum absolute atomic E-state index is 0.0973. The molecular formula is C25H23FN2O5. The molecule has 1 fully saturated rings. The SMILES string of the molecule is C#CC(O)(CC1(c2cc(F)ccc2OC)CCC1)C(=O)Nc1ccc2c(=O)onc(C)c2c1. The summed E-state index contributed by atoms with van der Waals surface area (Å²) in [6.07, 6.45) is 7.63. The molecule has 0 saturated heterocycles. The molecule has 2 aromatic carbocycles. The first-order valence-corrected chi connectivity index (χ1v) is 10.5. The molecule has 8 heteroatoms. The van der Waals surface area contributed by atoms with Crippen molar-refractivity contribution in [2.75, 3.05) is 12.4 Å². The maximum atomic E-state index is 14.1. The minimum atomic E-state index is -2.16. The first-order chi connectivity index (χ1) is 15.7. The second kappa shape index (κ2) is 8.34. The third-order valence-corrected chi connectivity index (χ3v) is 6.40. The summed E-state index contributed by atoms with van der Waals surface area (Å²) in [5, 5.41) is 18.4. The van der Waals surface area contributed by atoms with E-state index in [2.05, 4.69) is 16.4 Å². The molecule has 170 valence electrons. The number of hydrogen-bond donors (Lipinski definition) is 2. The average molecular weight is 450 g/mol. The van der Waals surface area contributed by atoms with E-state index in [-0.39, 0.29) is 6.42 Å². The van der Waals surface area contributed by atoms with E-state index < -0.39 is 28.4 Å². The minimum Gasteiger partial charge on any atom is -0.496 e. The summed E-state index contributed by atoms with van der Waals surface area (Å²) in [6.45, 7) is 1.67. The number of amides is 1. The summed E-state index contributed by atoms with van der Waals surface area (Å²) in [6, 6.07) is 8.79. The lowest BCUT2D eigenvalue weighted by atomic mass is 9.59. The number of halogens is 1. The lowest BCUT2D eigenvalue weighted by Gasteiger charge is -2.46. The smallest absolute Gasteiger partial charge is 0.366 e. The second-order valence-electron chi connectivity index (χ2n) is 8.43. The lowest BCUT2D eigenvalue weighted by Crippen LogP contribution is -2.50. The van der Waals surface area contributed by atoms with E-state index in [1.165, 1.54) is 37.4 Å². The number of fused-ring (bicyclic) bond motifs is 1. The maximum absolute atomic E-state index is 14.1. The summed E-state index contributed by atoms with van der Waals surface area (Å²) in [5.74, 6) is 1.49. The number of ether oxygens (including phenoxy) is 1. The number of carbonyl (C=O) groups is 1. The number of carbonyl (C=O) groups excluding carboxylic acids is 1. The maximum Gasteiger partial charge on any atom is 0.366 e. The predicted molar refractivity (Wildman–Crippen MR) is 121 cm³/mol. The van der Waals surface area contributed by atoms with Crippen LogP contribution in [0.3, 0.4) is 0 Å². The highest BCUT2D eigenvalue weighted by Crippen LogP contribution is 2.52. The van der Waals surface area contributed by atoms with Crippen LogP contribution in [0.4, 0.5) is 10.1 Å². The van der Waals surface area contributed by atoms with E-state index in [4.69, 9.17) is 15.7 Å². The van der Waals surface area contributed by atoms with Gasteiger partial charge in [0.05, 0.1) is 18.2 Å². The number of terminal acetylenes is 1. The summed E-state index contributed by atoms with van der Waals surface area (Å²) >= 11 is 0. The highest BCUT2D eigenvalue weighted by molar-refractivity contribution is 6.01. The van der Waals surface area contributed by atoms with E-state index in [1.54, 1.807) is 13.0 Å². The van der Waals surface area contributed by atoms with Crippen LogP contribution in [-0.2, 0) is 10.2 Å². The van der Waals surface area contributed by atoms with E-state index in [9.17, 15) is 19.1 Å². The van der Waals surface area contributed by atoms with Gasteiger partial charge < -0.3 is 19.7 Å². The molecule has 1 aromatic heterocycles.